The van der Waals surface area contributed by atoms with E-state index in [0.717, 1.165) is 0 Å². The van der Waals surface area contributed by atoms with Crippen molar-refractivity contribution in [2.45, 2.75) is 18.6 Å². The van der Waals surface area contributed by atoms with Crippen LogP contribution in [0.4, 0.5) is 13.2 Å². The van der Waals surface area contributed by atoms with Crippen LogP contribution in [0.2, 0.25) is 6.04 Å². The van der Waals surface area contributed by atoms with E-state index in [1.54, 1.807) is 0 Å². The van der Waals surface area contributed by atoms with Crippen molar-refractivity contribution < 1.29 is 17.6 Å². The quantitative estimate of drug-likeness (QED) is 0.532. The van der Waals surface area contributed by atoms with Gasteiger partial charge in [0.15, 0.2) is 0 Å². The highest BCUT2D eigenvalue weighted by molar-refractivity contribution is 7.42. The minimum atomic E-state index is -4.21. The van der Waals surface area contributed by atoms with E-state index in [1.165, 1.54) is 7.11 Å². The molecule has 0 fully saturated rings. The topological polar surface area (TPSA) is 9.23 Å². The Labute approximate surface area is 73.0 Å². The molecule has 0 amide bonds. The fourth-order valence-corrected chi connectivity index (χ4v) is 1.73. The van der Waals surface area contributed by atoms with Gasteiger partial charge in [-0.2, -0.15) is 13.2 Å². The second-order valence-electron chi connectivity index (χ2n) is 1.96. The molecule has 0 bridgehead atoms. The lowest BCUT2D eigenvalue weighted by Gasteiger charge is -2.14. The molecule has 0 heterocycles. The Morgan fingerprint density at radius 2 is 1.82 bits per heavy atom. The minimum absolute atomic E-state index is 0.323. The molecule has 0 aliphatic rings. The molecule has 0 unspecified atom stereocenters. The smallest absolute Gasteiger partial charge is 0.389 e. The Kier molecular flexibility index (Phi) is 4.17. The molecule has 0 atom stereocenters. The number of alkyl halides is 3. The van der Waals surface area contributed by atoms with Crippen LogP contribution in [-0.2, 0) is 4.43 Å². The summed E-state index contributed by atoms with van der Waals surface area (Å²) in [6.07, 6.45) is -5.19. The van der Waals surface area contributed by atoms with Gasteiger partial charge in [0.05, 0.1) is 0 Å². The summed E-state index contributed by atoms with van der Waals surface area (Å²) in [5, 5.41) is 0. The average molecular weight is 227 g/mol. The molecule has 1 nitrogen and oxygen atoms in total. The first-order chi connectivity index (χ1) is 4.77. The predicted octanol–water partition coefficient (Wildman–Crippen LogP) is 3.00. The maximum atomic E-state index is 11.6. The van der Waals surface area contributed by atoms with Crippen LogP contribution < -0.4 is 0 Å². The summed E-state index contributed by atoms with van der Waals surface area (Å²) in [5.74, 6) is 0. The molecule has 0 aromatic carbocycles. The molecular formula is C4H7Cl2F3OSi. The second kappa shape index (κ2) is 3.98. The van der Waals surface area contributed by atoms with Gasteiger partial charge in [0.2, 0.25) is 0 Å². The molecule has 0 radical (unpaired) electrons. The van der Waals surface area contributed by atoms with Crippen LogP contribution >= 0.6 is 22.2 Å². The maximum absolute atomic E-state index is 11.6. The zero-order valence-corrected chi connectivity index (χ0v) is 8.22. The Hall–Kier alpha value is 0.547. The van der Waals surface area contributed by atoms with Gasteiger partial charge in [0, 0.05) is 19.6 Å². The highest BCUT2D eigenvalue weighted by Gasteiger charge is 2.36. The number of hydrogen-bond acceptors (Lipinski definition) is 1. The van der Waals surface area contributed by atoms with Gasteiger partial charge in [-0.3, -0.25) is 0 Å². The lowest BCUT2D eigenvalue weighted by Crippen LogP contribution is -2.24. The van der Waals surface area contributed by atoms with E-state index in [0.29, 0.717) is 0 Å². The molecule has 0 aliphatic carbocycles. The third-order valence-electron chi connectivity index (χ3n) is 0.998. The maximum Gasteiger partial charge on any atom is 0.389 e. The average Bonchev–Trinajstić information content (AvgIpc) is 1.83. The van der Waals surface area contributed by atoms with Gasteiger partial charge in [-0.25, -0.2) is 0 Å². The van der Waals surface area contributed by atoms with Crippen LogP contribution in [0.15, 0.2) is 0 Å². The van der Waals surface area contributed by atoms with Gasteiger partial charge in [0.25, 0.3) is 0 Å². The lowest BCUT2D eigenvalue weighted by molar-refractivity contribution is -0.130. The monoisotopic (exact) mass is 226 g/mol. The summed E-state index contributed by atoms with van der Waals surface area (Å²) in [6.45, 7) is -3.06. The Balaban J connectivity index is 3.70. The van der Waals surface area contributed by atoms with Crippen molar-refractivity contribution in [2.75, 3.05) is 7.11 Å². The van der Waals surface area contributed by atoms with Crippen LogP contribution in [0.1, 0.15) is 6.42 Å². The molecule has 68 valence electrons. The molecule has 7 heteroatoms. The van der Waals surface area contributed by atoms with E-state index in [1.807, 2.05) is 0 Å². The highest BCUT2D eigenvalue weighted by atomic mass is 35.7. The molecule has 0 spiro atoms. The van der Waals surface area contributed by atoms with Crippen molar-refractivity contribution in [3.05, 3.63) is 0 Å². The van der Waals surface area contributed by atoms with Crippen LogP contribution in [-0.4, -0.2) is 20.2 Å². The van der Waals surface area contributed by atoms with Gasteiger partial charge in [-0.05, 0) is 0 Å². The van der Waals surface area contributed by atoms with Crippen LogP contribution in [0.3, 0.4) is 0 Å². The number of halogens is 5. The lowest BCUT2D eigenvalue weighted by atomic mass is 10.5. The first-order valence-electron chi connectivity index (χ1n) is 2.76. The number of rotatable bonds is 3. The summed E-state index contributed by atoms with van der Waals surface area (Å²) in [6, 6.07) is -0.323. The molecule has 0 rings (SSSR count). The van der Waals surface area contributed by atoms with E-state index in [-0.39, 0.29) is 6.04 Å². The van der Waals surface area contributed by atoms with Crippen LogP contribution in [0.25, 0.3) is 0 Å². The normalized spacial score (nSPS) is 13.6. The standard InChI is InChI=1S/C4H7Cl2F3OSi/c1-10-11(5,6)3-2-4(7,8)9/h2-3H2,1H3. The summed E-state index contributed by atoms with van der Waals surface area (Å²) < 4.78 is 39.2. The van der Waals surface area contributed by atoms with E-state index < -0.39 is 19.5 Å². The van der Waals surface area contributed by atoms with E-state index in [2.05, 4.69) is 4.43 Å². The van der Waals surface area contributed by atoms with Gasteiger partial charge in [-0.15, -0.1) is 22.2 Å². The van der Waals surface area contributed by atoms with Crippen molar-refractivity contribution in [3.63, 3.8) is 0 Å². The van der Waals surface area contributed by atoms with Gasteiger partial charge < -0.3 is 4.43 Å². The molecule has 0 aliphatic heterocycles. The third-order valence-corrected chi connectivity index (χ3v) is 4.49. The van der Waals surface area contributed by atoms with E-state index >= 15 is 0 Å². The van der Waals surface area contributed by atoms with Crippen molar-refractivity contribution in [1.82, 2.24) is 0 Å². The van der Waals surface area contributed by atoms with E-state index in [4.69, 9.17) is 22.2 Å². The summed E-state index contributed by atoms with van der Waals surface area (Å²) in [4.78, 5) is 0. The molecule has 0 aromatic rings. The SMILES string of the molecule is CO[Si](Cl)(Cl)CCC(F)(F)F. The summed E-state index contributed by atoms with van der Waals surface area (Å²) in [5.41, 5.74) is 0. The zero-order valence-electron chi connectivity index (χ0n) is 5.71. The molecule has 11 heavy (non-hydrogen) atoms. The molecule has 0 N–H and O–H groups in total. The van der Waals surface area contributed by atoms with E-state index in [9.17, 15) is 13.2 Å². The first kappa shape index (κ1) is 11.5. The zero-order chi connectivity index (χ0) is 9.12. The highest BCUT2D eigenvalue weighted by Crippen LogP contribution is 2.30. The fraction of sp³-hybridized carbons (Fsp3) is 1.00. The van der Waals surface area contributed by atoms with Gasteiger partial charge in [0.1, 0.15) is 0 Å². The Bertz CT molecular complexity index is 127. The summed E-state index contributed by atoms with van der Waals surface area (Å²) in [7, 11) is 1.21. The first-order valence-corrected chi connectivity index (χ1v) is 6.90. The van der Waals surface area contributed by atoms with Crippen molar-refractivity contribution in [1.29, 1.82) is 0 Å². The Morgan fingerprint density at radius 1 is 1.36 bits per heavy atom. The molecule has 0 saturated heterocycles. The third kappa shape index (κ3) is 6.93. The number of hydrogen-bond donors (Lipinski definition) is 0. The van der Waals surface area contributed by atoms with Crippen LogP contribution in [0, 0.1) is 0 Å². The summed E-state index contributed by atoms with van der Waals surface area (Å²) >= 11 is 10.8. The van der Waals surface area contributed by atoms with Crippen molar-refractivity contribution in [2.24, 2.45) is 0 Å². The largest absolute Gasteiger partial charge is 0.396 e. The predicted molar refractivity (Wildman–Crippen MR) is 39.9 cm³/mol. The minimum Gasteiger partial charge on any atom is -0.396 e. The van der Waals surface area contributed by atoms with Crippen LogP contribution in [0.5, 0.6) is 0 Å². The fourth-order valence-electron chi connectivity index (χ4n) is 0.389. The van der Waals surface area contributed by atoms with Gasteiger partial charge in [-0.1, -0.05) is 0 Å². The molecule has 0 saturated carbocycles. The van der Waals surface area contributed by atoms with Gasteiger partial charge >= 0.3 is 13.1 Å². The van der Waals surface area contributed by atoms with Crippen molar-refractivity contribution >= 4 is 29.1 Å². The Morgan fingerprint density at radius 3 is 2.09 bits per heavy atom. The second-order valence-corrected chi connectivity index (χ2v) is 8.38. The molecule has 0 aromatic heterocycles. The molecular weight excluding hydrogens is 220 g/mol. The van der Waals surface area contributed by atoms with Crippen molar-refractivity contribution in [3.8, 4) is 0 Å².